The molecule has 0 unspecified atom stereocenters. The summed E-state index contributed by atoms with van der Waals surface area (Å²) in [6, 6.07) is 4.36. The monoisotopic (exact) mass is 239 g/mol. The fraction of sp³-hybridized carbons (Fsp3) is 0.500. The van der Waals surface area contributed by atoms with Crippen molar-refractivity contribution in [1.29, 1.82) is 0 Å². The van der Waals surface area contributed by atoms with Crippen LogP contribution in [0.25, 0.3) is 0 Å². The van der Waals surface area contributed by atoms with Gasteiger partial charge in [-0.15, -0.1) is 0 Å². The summed E-state index contributed by atoms with van der Waals surface area (Å²) in [5.41, 5.74) is 0.919. The smallest absolute Gasteiger partial charge is 0.229 e. The Morgan fingerprint density at radius 1 is 1.24 bits per heavy atom. The van der Waals surface area contributed by atoms with Crippen molar-refractivity contribution in [2.24, 2.45) is 5.41 Å². The molecule has 0 aliphatic heterocycles. The molecular weight excluding hydrogens is 217 g/mol. The van der Waals surface area contributed by atoms with Crippen LogP contribution in [0, 0.1) is 18.2 Å². The minimum atomic E-state index is -0.473. The molecule has 96 valence electrons. The standard InChI is InChI=1S/C12H16FNO.C2H6/c1-8-5-6-9(13)7-10(8)14-11(15)12(2,3)4;1-2/h5-7H,1-4H3,(H,14,15);1-2H3. The molecule has 0 fully saturated rings. The molecule has 2 nitrogen and oxygen atoms in total. The topological polar surface area (TPSA) is 29.1 Å². The zero-order valence-corrected chi connectivity index (χ0v) is 11.5. The number of amides is 1. The normalized spacial score (nSPS) is 10.3. The first-order valence-electron chi connectivity index (χ1n) is 5.88. The molecule has 0 radical (unpaired) electrons. The summed E-state index contributed by atoms with van der Waals surface area (Å²) >= 11 is 0. The molecule has 0 aliphatic carbocycles. The maximum atomic E-state index is 12.9. The molecule has 1 aromatic rings. The number of aryl methyl sites for hydroxylation is 1. The van der Waals surface area contributed by atoms with E-state index in [1.54, 1.807) is 6.07 Å². The van der Waals surface area contributed by atoms with Gasteiger partial charge in [0.2, 0.25) is 5.91 Å². The second-order valence-electron chi connectivity index (χ2n) is 4.66. The first-order chi connectivity index (χ1) is 7.80. The third-order valence-corrected chi connectivity index (χ3v) is 2.13. The quantitative estimate of drug-likeness (QED) is 0.783. The number of carbonyl (C=O) groups excluding carboxylic acids is 1. The van der Waals surface area contributed by atoms with Gasteiger partial charge in [0, 0.05) is 11.1 Å². The minimum absolute atomic E-state index is 0.115. The first kappa shape index (κ1) is 15.6. The molecular formula is C14H22FNO. The molecule has 0 aromatic heterocycles. The average molecular weight is 239 g/mol. The molecule has 0 bridgehead atoms. The summed E-state index contributed by atoms with van der Waals surface area (Å²) in [5, 5.41) is 2.71. The largest absolute Gasteiger partial charge is 0.325 e. The van der Waals surface area contributed by atoms with Crippen LogP contribution in [0.1, 0.15) is 40.2 Å². The Balaban J connectivity index is 0.00000121. The second-order valence-corrected chi connectivity index (χ2v) is 4.66. The molecule has 0 saturated heterocycles. The summed E-state index contributed by atoms with van der Waals surface area (Å²) in [5.74, 6) is -0.457. The lowest BCUT2D eigenvalue weighted by Crippen LogP contribution is -2.27. The Morgan fingerprint density at radius 2 is 1.76 bits per heavy atom. The molecule has 1 aromatic carbocycles. The van der Waals surface area contributed by atoms with Gasteiger partial charge < -0.3 is 5.32 Å². The highest BCUT2D eigenvalue weighted by molar-refractivity contribution is 5.95. The molecule has 3 heteroatoms. The van der Waals surface area contributed by atoms with Crippen LogP contribution in [-0.4, -0.2) is 5.91 Å². The van der Waals surface area contributed by atoms with Gasteiger partial charge in [0.25, 0.3) is 0 Å². The van der Waals surface area contributed by atoms with E-state index in [0.717, 1.165) is 5.56 Å². The summed E-state index contributed by atoms with van der Waals surface area (Å²) in [6.07, 6.45) is 0. The third kappa shape index (κ3) is 4.98. The number of rotatable bonds is 1. The Labute approximate surface area is 103 Å². The van der Waals surface area contributed by atoms with Crippen LogP contribution < -0.4 is 5.32 Å². The molecule has 0 atom stereocenters. The van der Waals surface area contributed by atoms with Crippen molar-refractivity contribution in [1.82, 2.24) is 0 Å². The van der Waals surface area contributed by atoms with E-state index < -0.39 is 5.41 Å². The highest BCUT2D eigenvalue weighted by Gasteiger charge is 2.21. The highest BCUT2D eigenvalue weighted by atomic mass is 19.1. The van der Waals surface area contributed by atoms with Crippen molar-refractivity contribution in [2.45, 2.75) is 41.5 Å². The SMILES string of the molecule is CC.Cc1ccc(F)cc1NC(=O)C(C)(C)C. The Morgan fingerprint density at radius 3 is 2.24 bits per heavy atom. The maximum Gasteiger partial charge on any atom is 0.229 e. The van der Waals surface area contributed by atoms with Gasteiger partial charge in [-0.3, -0.25) is 4.79 Å². The van der Waals surface area contributed by atoms with E-state index in [2.05, 4.69) is 5.32 Å². The van der Waals surface area contributed by atoms with Crippen LogP contribution in [0.3, 0.4) is 0 Å². The van der Waals surface area contributed by atoms with Crippen molar-refractivity contribution < 1.29 is 9.18 Å². The molecule has 0 saturated carbocycles. The van der Waals surface area contributed by atoms with Crippen molar-refractivity contribution in [3.63, 3.8) is 0 Å². The van der Waals surface area contributed by atoms with Gasteiger partial charge in [0.1, 0.15) is 5.82 Å². The van der Waals surface area contributed by atoms with Crippen molar-refractivity contribution >= 4 is 11.6 Å². The van der Waals surface area contributed by atoms with Crippen LogP contribution in [-0.2, 0) is 4.79 Å². The van der Waals surface area contributed by atoms with Crippen LogP contribution in [0.2, 0.25) is 0 Å². The van der Waals surface area contributed by atoms with E-state index in [9.17, 15) is 9.18 Å². The number of nitrogens with one attached hydrogen (secondary N) is 1. The van der Waals surface area contributed by atoms with Gasteiger partial charge >= 0.3 is 0 Å². The molecule has 0 aliphatic rings. The van der Waals surface area contributed by atoms with E-state index in [1.807, 2.05) is 41.5 Å². The number of benzene rings is 1. The summed E-state index contributed by atoms with van der Waals surface area (Å²) in [4.78, 5) is 11.7. The summed E-state index contributed by atoms with van der Waals surface area (Å²) < 4.78 is 12.9. The average Bonchev–Trinajstić information content (AvgIpc) is 2.25. The van der Waals surface area contributed by atoms with Crippen molar-refractivity contribution in [2.75, 3.05) is 5.32 Å². The minimum Gasteiger partial charge on any atom is -0.325 e. The fourth-order valence-corrected chi connectivity index (χ4v) is 1.04. The Hall–Kier alpha value is -1.38. The van der Waals surface area contributed by atoms with E-state index in [4.69, 9.17) is 0 Å². The number of carbonyl (C=O) groups is 1. The van der Waals surface area contributed by atoms with E-state index >= 15 is 0 Å². The number of hydrogen-bond donors (Lipinski definition) is 1. The summed E-state index contributed by atoms with van der Waals surface area (Å²) in [6.45, 7) is 11.3. The Kier molecular flexibility index (Phi) is 5.86. The predicted molar refractivity (Wildman–Crippen MR) is 70.6 cm³/mol. The van der Waals surface area contributed by atoms with Gasteiger partial charge in [-0.1, -0.05) is 40.7 Å². The van der Waals surface area contributed by atoms with Gasteiger partial charge in [-0.2, -0.15) is 0 Å². The predicted octanol–water partition coefficient (Wildman–Crippen LogP) is 4.14. The molecule has 1 rings (SSSR count). The zero-order chi connectivity index (χ0) is 13.6. The van der Waals surface area contributed by atoms with Crippen molar-refractivity contribution in [3.05, 3.63) is 29.6 Å². The highest BCUT2D eigenvalue weighted by Crippen LogP contribution is 2.20. The number of anilines is 1. The van der Waals surface area contributed by atoms with Crippen LogP contribution >= 0.6 is 0 Å². The lowest BCUT2D eigenvalue weighted by molar-refractivity contribution is -0.123. The second kappa shape index (κ2) is 6.38. The first-order valence-corrected chi connectivity index (χ1v) is 5.88. The van der Waals surface area contributed by atoms with Crippen molar-refractivity contribution in [3.8, 4) is 0 Å². The number of halogens is 1. The van der Waals surface area contributed by atoms with E-state index in [1.165, 1.54) is 12.1 Å². The summed E-state index contributed by atoms with van der Waals surface area (Å²) in [7, 11) is 0. The van der Waals surface area contributed by atoms with Gasteiger partial charge in [0.05, 0.1) is 0 Å². The fourth-order valence-electron chi connectivity index (χ4n) is 1.04. The van der Waals surface area contributed by atoms with Gasteiger partial charge in [-0.25, -0.2) is 4.39 Å². The van der Waals surface area contributed by atoms with Crippen LogP contribution in [0.4, 0.5) is 10.1 Å². The van der Waals surface area contributed by atoms with Gasteiger partial charge in [-0.05, 0) is 24.6 Å². The lowest BCUT2D eigenvalue weighted by atomic mass is 9.95. The molecule has 1 amide bonds. The van der Waals surface area contributed by atoms with E-state index in [-0.39, 0.29) is 11.7 Å². The van der Waals surface area contributed by atoms with Crippen LogP contribution in [0.15, 0.2) is 18.2 Å². The number of hydrogen-bond acceptors (Lipinski definition) is 1. The molecule has 0 spiro atoms. The molecule has 0 heterocycles. The zero-order valence-electron chi connectivity index (χ0n) is 11.5. The Bertz CT molecular complexity index is 380. The molecule has 17 heavy (non-hydrogen) atoms. The third-order valence-electron chi connectivity index (χ3n) is 2.13. The van der Waals surface area contributed by atoms with Gasteiger partial charge in [0.15, 0.2) is 0 Å². The van der Waals surface area contributed by atoms with Crippen LogP contribution in [0.5, 0.6) is 0 Å². The molecule has 1 N–H and O–H groups in total. The maximum absolute atomic E-state index is 12.9. The van der Waals surface area contributed by atoms with E-state index in [0.29, 0.717) is 5.69 Å². The lowest BCUT2D eigenvalue weighted by Gasteiger charge is -2.18.